The van der Waals surface area contributed by atoms with Crippen molar-refractivity contribution >= 4 is 0 Å². The number of nitrogens with zero attached hydrogens (tertiary/aromatic N) is 2. The summed E-state index contributed by atoms with van der Waals surface area (Å²) in [5.41, 5.74) is 0. The molecule has 0 spiro atoms. The van der Waals surface area contributed by atoms with E-state index in [1.807, 2.05) is 19.2 Å². The minimum atomic E-state index is 0.0694. The van der Waals surface area contributed by atoms with E-state index in [0.29, 0.717) is 0 Å². The third-order valence-electron chi connectivity index (χ3n) is 1.16. The van der Waals surface area contributed by atoms with Crippen molar-refractivity contribution in [3.63, 3.8) is 0 Å². The molecule has 1 unspecified atom stereocenters. The van der Waals surface area contributed by atoms with Gasteiger partial charge in [0.05, 0.1) is 0 Å². The highest BCUT2D eigenvalue weighted by atomic mass is 15.3. The fourth-order valence-electron chi connectivity index (χ4n) is 0.586. The van der Waals surface area contributed by atoms with Crippen molar-refractivity contribution in [3.05, 3.63) is 18.5 Å². The molecule has 2 heteroatoms. The molecular formula is C7H8N2. The standard InChI is InChI=1S/C7H8N2/c1-3-7(2)9-6-4-5-8-9/h1,4-7H,2H3. The summed E-state index contributed by atoms with van der Waals surface area (Å²) in [6.07, 6.45) is 8.72. The average Bonchev–Trinajstić information content (AvgIpc) is 2.37. The van der Waals surface area contributed by atoms with Crippen LogP contribution in [0.5, 0.6) is 0 Å². The first-order valence-corrected chi connectivity index (χ1v) is 2.80. The molecule has 1 rings (SSSR count). The normalized spacial score (nSPS) is 12.4. The van der Waals surface area contributed by atoms with Gasteiger partial charge in [0.25, 0.3) is 0 Å². The first kappa shape index (κ1) is 5.90. The molecule has 0 aliphatic rings. The smallest absolute Gasteiger partial charge is 0.109 e. The van der Waals surface area contributed by atoms with Crippen molar-refractivity contribution in [2.24, 2.45) is 0 Å². The number of rotatable bonds is 1. The van der Waals surface area contributed by atoms with Crippen LogP contribution in [0.1, 0.15) is 13.0 Å². The van der Waals surface area contributed by atoms with Gasteiger partial charge in [-0.15, -0.1) is 6.42 Å². The first-order chi connectivity index (χ1) is 4.34. The molecule has 0 amide bonds. The molecule has 1 atom stereocenters. The van der Waals surface area contributed by atoms with Crippen LogP contribution < -0.4 is 0 Å². The van der Waals surface area contributed by atoms with Crippen molar-refractivity contribution in [2.45, 2.75) is 13.0 Å². The maximum atomic E-state index is 5.15. The van der Waals surface area contributed by atoms with Crippen molar-refractivity contribution in [1.82, 2.24) is 9.78 Å². The van der Waals surface area contributed by atoms with Gasteiger partial charge in [0.15, 0.2) is 0 Å². The van der Waals surface area contributed by atoms with Crippen molar-refractivity contribution in [2.75, 3.05) is 0 Å². The van der Waals surface area contributed by atoms with Crippen LogP contribution in [-0.2, 0) is 0 Å². The maximum Gasteiger partial charge on any atom is 0.109 e. The van der Waals surface area contributed by atoms with Gasteiger partial charge in [-0.25, -0.2) is 0 Å². The highest BCUT2D eigenvalue weighted by Crippen LogP contribution is 1.98. The Morgan fingerprint density at radius 1 is 1.78 bits per heavy atom. The summed E-state index contributed by atoms with van der Waals surface area (Å²) in [7, 11) is 0. The van der Waals surface area contributed by atoms with Crippen LogP contribution in [0.4, 0.5) is 0 Å². The van der Waals surface area contributed by atoms with E-state index in [1.165, 1.54) is 0 Å². The Bertz CT molecular complexity index is 205. The molecule has 0 saturated heterocycles. The molecule has 0 N–H and O–H groups in total. The third kappa shape index (κ3) is 1.11. The van der Waals surface area contributed by atoms with E-state index >= 15 is 0 Å². The highest BCUT2D eigenvalue weighted by molar-refractivity contribution is 4.96. The fourth-order valence-corrected chi connectivity index (χ4v) is 0.586. The minimum absolute atomic E-state index is 0.0694. The molecule has 0 bridgehead atoms. The van der Waals surface area contributed by atoms with E-state index in [1.54, 1.807) is 10.9 Å². The van der Waals surface area contributed by atoms with Crippen molar-refractivity contribution in [1.29, 1.82) is 0 Å². The quantitative estimate of drug-likeness (QED) is 0.507. The Balaban J connectivity index is 2.80. The largest absolute Gasteiger partial charge is 0.258 e. The monoisotopic (exact) mass is 120 g/mol. The second-order valence-corrected chi connectivity index (χ2v) is 1.83. The Labute approximate surface area is 54.5 Å². The van der Waals surface area contributed by atoms with Crippen LogP contribution in [0.3, 0.4) is 0 Å². The van der Waals surface area contributed by atoms with E-state index in [4.69, 9.17) is 6.42 Å². The lowest BCUT2D eigenvalue weighted by Gasteiger charge is -2.01. The zero-order valence-corrected chi connectivity index (χ0v) is 5.28. The fraction of sp³-hybridized carbons (Fsp3) is 0.286. The summed E-state index contributed by atoms with van der Waals surface area (Å²) in [6, 6.07) is 1.92. The molecule has 1 heterocycles. The SMILES string of the molecule is C#CC(C)n1cccn1. The second kappa shape index (κ2) is 2.36. The molecule has 2 nitrogen and oxygen atoms in total. The average molecular weight is 120 g/mol. The third-order valence-corrected chi connectivity index (χ3v) is 1.16. The summed E-state index contributed by atoms with van der Waals surface area (Å²) >= 11 is 0. The molecule has 0 aromatic carbocycles. The molecule has 1 aromatic heterocycles. The van der Waals surface area contributed by atoms with Crippen LogP contribution in [0.15, 0.2) is 18.5 Å². The van der Waals surface area contributed by atoms with Gasteiger partial charge in [0, 0.05) is 12.4 Å². The predicted molar refractivity (Wildman–Crippen MR) is 35.8 cm³/mol. The van der Waals surface area contributed by atoms with Crippen molar-refractivity contribution in [3.8, 4) is 12.3 Å². The molecule has 0 fully saturated rings. The van der Waals surface area contributed by atoms with Crippen LogP contribution in [0, 0.1) is 12.3 Å². The molecule has 9 heavy (non-hydrogen) atoms. The second-order valence-electron chi connectivity index (χ2n) is 1.83. The predicted octanol–water partition coefficient (Wildman–Crippen LogP) is 1.08. The van der Waals surface area contributed by atoms with E-state index in [2.05, 4.69) is 11.0 Å². The van der Waals surface area contributed by atoms with Gasteiger partial charge < -0.3 is 0 Å². The van der Waals surface area contributed by atoms with Gasteiger partial charge >= 0.3 is 0 Å². The summed E-state index contributed by atoms with van der Waals surface area (Å²) in [4.78, 5) is 0. The maximum absolute atomic E-state index is 5.15. The highest BCUT2D eigenvalue weighted by Gasteiger charge is 1.95. The van der Waals surface area contributed by atoms with Crippen LogP contribution in [-0.4, -0.2) is 9.78 Å². The van der Waals surface area contributed by atoms with E-state index in [9.17, 15) is 0 Å². The van der Waals surface area contributed by atoms with Crippen LogP contribution in [0.2, 0.25) is 0 Å². The summed E-state index contributed by atoms with van der Waals surface area (Å²) in [5, 5.41) is 3.96. The Kier molecular flexibility index (Phi) is 1.55. The molecule has 1 aromatic rings. The van der Waals surface area contributed by atoms with E-state index < -0.39 is 0 Å². The van der Waals surface area contributed by atoms with Gasteiger partial charge in [-0.2, -0.15) is 5.10 Å². The molecule has 0 saturated carbocycles. The van der Waals surface area contributed by atoms with Crippen LogP contribution in [0.25, 0.3) is 0 Å². The lowest BCUT2D eigenvalue weighted by atomic mass is 10.4. The van der Waals surface area contributed by atoms with Gasteiger partial charge in [0.1, 0.15) is 6.04 Å². The topological polar surface area (TPSA) is 17.8 Å². The van der Waals surface area contributed by atoms with Gasteiger partial charge in [-0.3, -0.25) is 4.68 Å². The molecule has 0 radical (unpaired) electrons. The lowest BCUT2D eigenvalue weighted by molar-refractivity contribution is 0.597. The number of hydrogen-bond donors (Lipinski definition) is 0. The number of terminal acetylenes is 1. The Morgan fingerprint density at radius 2 is 2.56 bits per heavy atom. The van der Waals surface area contributed by atoms with Crippen molar-refractivity contribution < 1.29 is 0 Å². The molecule has 0 aliphatic heterocycles. The molecular weight excluding hydrogens is 112 g/mol. The van der Waals surface area contributed by atoms with Crippen LogP contribution >= 0.6 is 0 Å². The van der Waals surface area contributed by atoms with E-state index in [0.717, 1.165) is 0 Å². The lowest BCUT2D eigenvalue weighted by Crippen LogP contribution is -2.01. The molecule has 46 valence electrons. The molecule has 0 aliphatic carbocycles. The summed E-state index contributed by atoms with van der Waals surface area (Å²) < 4.78 is 1.74. The number of hydrogen-bond acceptors (Lipinski definition) is 1. The van der Waals surface area contributed by atoms with E-state index in [-0.39, 0.29) is 6.04 Å². The zero-order valence-electron chi connectivity index (χ0n) is 5.28. The summed E-state index contributed by atoms with van der Waals surface area (Å²) in [5.74, 6) is 2.57. The Morgan fingerprint density at radius 3 is 3.00 bits per heavy atom. The minimum Gasteiger partial charge on any atom is -0.258 e. The zero-order chi connectivity index (χ0) is 6.69. The summed E-state index contributed by atoms with van der Waals surface area (Å²) in [6.45, 7) is 1.92. The van der Waals surface area contributed by atoms with Gasteiger partial charge in [0.2, 0.25) is 0 Å². The van der Waals surface area contributed by atoms with Gasteiger partial charge in [-0.1, -0.05) is 5.92 Å². The first-order valence-electron chi connectivity index (χ1n) is 2.80. The number of aromatic nitrogens is 2. The Hall–Kier alpha value is -1.23. The van der Waals surface area contributed by atoms with Gasteiger partial charge in [-0.05, 0) is 13.0 Å².